The van der Waals surface area contributed by atoms with Crippen molar-refractivity contribution in [3.63, 3.8) is 0 Å². The van der Waals surface area contributed by atoms with Gasteiger partial charge in [0.05, 0.1) is 7.11 Å². The van der Waals surface area contributed by atoms with Crippen LogP contribution in [0.15, 0.2) is 23.1 Å². The zero-order valence-electron chi connectivity index (χ0n) is 10.9. The Hall–Kier alpha value is -0.960. The molecule has 18 heavy (non-hydrogen) atoms. The first-order valence-electron chi connectivity index (χ1n) is 6.59. The molecule has 2 rings (SSSR count). The second kappa shape index (κ2) is 6.83. The molecule has 2 nitrogen and oxygen atoms in total. The van der Waals surface area contributed by atoms with Crippen molar-refractivity contribution in [3.8, 4) is 5.75 Å². The Labute approximate surface area is 113 Å². The second-order valence-electron chi connectivity index (χ2n) is 4.87. The third-order valence-electron chi connectivity index (χ3n) is 3.48. The second-order valence-corrected chi connectivity index (χ2v) is 5.97. The molecule has 0 amide bonds. The number of hydrogen-bond donors (Lipinski definition) is 0. The molecule has 0 atom stereocenters. The summed E-state index contributed by atoms with van der Waals surface area (Å²) in [5.41, 5.74) is 0.695. The highest BCUT2D eigenvalue weighted by molar-refractivity contribution is 7.99. The maximum atomic E-state index is 10.9. The summed E-state index contributed by atoms with van der Waals surface area (Å²) in [6.45, 7) is 0. The molecule has 1 saturated carbocycles. The molecule has 1 aliphatic carbocycles. The summed E-state index contributed by atoms with van der Waals surface area (Å²) >= 11 is 1.85. The summed E-state index contributed by atoms with van der Waals surface area (Å²) in [5, 5.41) is 0. The number of carbonyl (C=O) groups is 1. The Balaban J connectivity index is 1.96. The first kappa shape index (κ1) is 13.5. The average molecular weight is 264 g/mol. The maximum Gasteiger partial charge on any atom is 0.150 e. The molecule has 0 bridgehead atoms. The van der Waals surface area contributed by atoms with E-state index in [0.717, 1.165) is 28.6 Å². The van der Waals surface area contributed by atoms with Gasteiger partial charge in [0.2, 0.25) is 0 Å². The SMILES string of the molecule is COc1cc(C=O)cc(SCC2CCCCC2)c1. The fraction of sp³-hybridized carbons (Fsp3) is 0.533. The van der Waals surface area contributed by atoms with E-state index in [1.54, 1.807) is 13.2 Å². The summed E-state index contributed by atoms with van der Waals surface area (Å²) in [7, 11) is 1.64. The quantitative estimate of drug-likeness (QED) is 0.589. The highest BCUT2D eigenvalue weighted by atomic mass is 32.2. The van der Waals surface area contributed by atoms with Crippen LogP contribution in [0.2, 0.25) is 0 Å². The molecule has 0 N–H and O–H groups in total. The number of ether oxygens (including phenoxy) is 1. The van der Waals surface area contributed by atoms with Gasteiger partial charge in [-0.2, -0.15) is 0 Å². The van der Waals surface area contributed by atoms with Crippen molar-refractivity contribution < 1.29 is 9.53 Å². The molecule has 1 aromatic carbocycles. The first-order chi connectivity index (χ1) is 8.81. The van der Waals surface area contributed by atoms with Gasteiger partial charge in [-0.3, -0.25) is 4.79 Å². The zero-order valence-corrected chi connectivity index (χ0v) is 11.7. The van der Waals surface area contributed by atoms with Crippen molar-refractivity contribution >= 4 is 18.0 Å². The molecule has 98 valence electrons. The van der Waals surface area contributed by atoms with E-state index < -0.39 is 0 Å². The smallest absolute Gasteiger partial charge is 0.150 e. The fourth-order valence-corrected chi connectivity index (χ4v) is 3.61. The van der Waals surface area contributed by atoms with E-state index in [4.69, 9.17) is 4.74 Å². The van der Waals surface area contributed by atoms with Gasteiger partial charge in [0.15, 0.2) is 0 Å². The van der Waals surface area contributed by atoms with E-state index in [1.807, 2.05) is 23.9 Å². The van der Waals surface area contributed by atoms with Crippen LogP contribution in [-0.2, 0) is 0 Å². The first-order valence-corrected chi connectivity index (χ1v) is 7.57. The molecular formula is C15H20O2S. The summed E-state index contributed by atoms with van der Waals surface area (Å²) in [6.07, 6.45) is 7.75. The van der Waals surface area contributed by atoms with Crippen molar-refractivity contribution in [2.24, 2.45) is 5.92 Å². The van der Waals surface area contributed by atoms with Crippen molar-refractivity contribution in [2.75, 3.05) is 12.9 Å². The summed E-state index contributed by atoms with van der Waals surface area (Å²) < 4.78 is 5.22. The van der Waals surface area contributed by atoms with Gasteiger partial charge < -0.3 is 4.74 Å². The highest BCUT2D eigenvalue weighted by Gasteiger charge is 2.13. The highest BCUT2D eigenvalue weighted by Crippen LogP contribution is 2.31. The van der Waals surface area contributed by atoms with Gasteiger partial charge in [-0.1, -0.05) is 19.3 Å². The van der Waals surface area contributed by atoms with Crippen LogP contribution in [0, 0.1) is 5.92 Å². The molecule has 0 radical (unpaired) electrons. The van der Waals surface area contributed by atoms with Crippen molar-refractivity contribution in [1.82, 2.24) is 0 Å². The van der Waals surface area contributed by atoms with Gasteiger partial charge in [0, 0.05) is 16.2 Å². The van der Waals surface area contributed by atoms with Gasteiger partial charge in [0.1, 0.15) is 12.0 Å². The maximum absolute atomic E-state index is 10.9. The normalized spacial score (nSPS) is 16.5. The molecule has 1 aliphatic rings. The molecular weight excluding hydrogens is 244 g/mol. The molecule has 0 heterocycles. The van der Waals surface area contributed by atoms with Gasteiger partial charge in [-0.05, 0) is 37.0 Å². The average Bonchev–Trinajstić information content (AvgIpc) is 2.45. The van der Waals surface area contributed by atoms with Crippen LogP contribution in [0.3, 0.4) is 0 Å². The van der Waals surface area contributed by atoms with Crippen LogP contribution in [-0.4, -0.2) is 19.1 Å². The Morgan fingerprint density at radius 3 is 2.72 bits per heavy atom. The van der Waals surface area contributed by atoms with Crippen LogP contribution in [0.25, 0.3) is 0 Å². The number of benzene rings is 1. The predicted octanol–water partition coefficient (Wildman–Crippen LogP) is 4.18. The molecule has 0 spiro atoms. The lowest BCUT2D eigenvalue weighted by atomic mass is 9.91. The minimum atomic E-state index is 0.695. The molecule has 1 fully saturated rings. The Kier molecular flexibility index (Phi) is 5.12. The summed E-state index contributed by atoms with van der Waals surface area (Å²) in [4.78, 5) is 12.0. The monoisotopic (exact) mass is 264 g/mol. The largest absolute Gasteiger partial charge is 0.497 e. The number of rotatable bonds is 5. The minimum absolute atomic E-state index is 0.695. The zero-order chi connectivity index (χ0) is 12.8. The van der Waals surface area contributed by atoms with E-state index >= 15 is 0 Å². The van der Waals surface area contributed by atoms with Gasteiger partial charge >= 0.3 is 0 Å². The third-order valence-corrected chi connectivity index (χ3v) is 4.69. The minimum Gasteiger partial charge on any atom is -0.497 e. The van der Waals surface area contributed by atoms with E-state index in [1.165, 1.54) is 32.1 Å². The number of methoxy groups -OCH3 is 1. The molecule has 0 saturated heterocycles. The third kappa shape index (κ3) is 3.77. The summed E-state index contributed by atoms with van der Waals surface area (Å²) in [5.74, 6) is 2.77. The van der Waals surface area contributed by atoms with Gasteiger partial charge in [-0.25, -0.2) is 0 Å². The standard InChI is InChI=1S/C15H20O2S/c1-17-14-7-13(10-16)8-15(9-14)18-11-12-5-3-2-4-6-12/h7-10,12H,2-6,11H2,1H3. The lowest BCUT2D eigenvalue weighted by Gasteiger charge is -2.21. The molecule has 0 aliphatic heterocycles. The van der Waals surface area contributed by atoms with Crippen LogP contribution in [0.4, 0.5) is 0 Å². The van der Waals surface area contributed by atoms with E-state index in [9.17, 15) is 4.79 Å². The van der Waals surface area contributed by atoms with Crippen molar-refractivity contribution in [1.29, 1.82) is 0 Å². The van der Waals surface area contributed by atoms with Crippen LogP contribution in [0.5, 0.6) is 5.75 Å². The molecule has 0 unspecified atom stereocenters. The fourth-order valence-electron chi connectivity index (χ4n) is 2.43. The molecule has 3 heteroatoms. The van der Waals surface area contributed by atoms with Crippen molar-refractivity contribution in [2.45, 2.75) is 37.0 Å². The topological polar surface area (TPSA) is 26.3 Å². The number of hydrogen-bond acceptors (Lipinski definition) is 3. The van der Waals surface area contributed by atoms with Crippen molar-refractivity contribution in [3.05, 3.63) is 23.8 Å². The Bertz CT molecular complexity index is 397. The number of aldehydes is 1. The predicted molar refractivity (Wildman–Crippen MR) is 75.7 cm³/mol. The van der Waals surface area contributed by atoms with Gasteiger partial charge in [0.25, 0.3) is 0 Å². The van der Waals surface area contributed by atoms with Crippen LogP contribution in [0.1, 0.15) is 42.5 Å². The number of thioether (sulfide) groups is 1. The Morgan fingerprint density at radius 2 is 2.06 bits per heavy atom. The molecule has 1 aromatic rings. The summed E-state index contributed by atoms with van der Waals surface area (Å²) in [6, 6.07) is 5.74. The number of carbonyl (C=O) groups excluding carboxylic acids is 1. The lowest BCUT2D eigenvalue weighted by Crippen LogP contribution is -2.08. The Morgan fingerprint density at radius 1 is 1.28 bits per heavy atom. The van der Waals surface area contributed by atoms with E-state index in [-0.39, 0.29) is 0 Å². The van der Waals surface area contributed by atoms with Crippen LogP contribution >= 0.6 is 11.8 Å². The van der Waals surface area contributed by atoms with E-state index in [2.05, 4.69) is 0 Å². The lowest BCUT2D eigenvalue weighted by molar-refractivity contribution is 0.112. The van der Waals surface area contributed by atoms with E-state index in [0.29, 0.717) is 5.56 Å². The van der Waals surface area contributed by atoms with Crippen LogP contribution < -0.4 is 4.74 Å². The van der Waals surface area contributed by atoms with Gasteiger partial charge in [-0.15, -0.1) is 11.8 Å². The molecule has 0 aromatic heterocycles.